The molecule has 0 N–H and O–H groups in total. The number of methoxy groups -OCH3 is 1. The van der Waals surface area contributed by atoms with Crippen molar-refractivity contribution >= 4 is 5.91 Å². The van der Waals surface area contributed by atoms with Gasteiger partial charge in [-0.25, -0.2) is 0 Å². The van der Waals surface area contributed by atoms with E-state index in [0.717, 1.165) is 48.4 Å². The number of benzene rings is 1. The monoisotopic (exact) mass is 261 g/mol. The largest absolute Gasteiger partial charge is 0.496 e. The molecule has 1 fully saturated rings. The minimum Gasteiger partial charge on any atom is -0.496 e. The molecule has 0 radical (unpaired) electrons. The Bertz CT molecular complexity index is 488. The summed E-state index contributed by atoms with van der Waals surface area (Å²) in [6.07, 6.45) is 2.80. The molecule has 0 saturated carbocycles. The van der Waals surface area contributed by atoms with E-state index in [0.29, 0.717) is 6.42 Å². The van der Waals surface area contributed by atoms with Crippen LogP contribution in [-0.2, 0) is 11.2 Å². The van der Waals surface area contributed by atoms with Crippen LogP contribution in [0.15, 0.2) is 6.07 Å². The van der Waals surface area contributed by atoms with Crippen LogP contribution in [-0.4, -0.2) is 31.0 Å². The molecule has 104 valence electrons. The van der Waals surface area contributed by atoms with Crippen molar-refractivity contribution in [3.05, 3.63) is 28.3 Å². The highest BCUT2D eigenvalue weighted by atomic mass is 16.5. The highest BCUT2D eigenvalue weighted by Gasteiger charge is 2.20. The molecule has 1 saturated heterocycles. The fourth-order valence-corrected chi connectivity index (χ4v) is 2.88. The van der Waals surface area contributed by atoms with Crippen LogP contribution in [0.1, 0.15) is 35.1 Å². The summed E-state index contributed by atoms with van der Waals surface area (Å²) in [5, 5.41) is 0. The molecule has 1 aliphatic rings. The number of aryl methyl sites for hydroxylation is 1. The van der Waals surface area contributed by atoms with Crippen molar-refractivity contribution in [2.45, 2.75) is 40.0 Å². The summed E-state index contributed by atoms with van der Waals surface area (Å²) in [6.45, 7) is 8.02. The van der Waals surface area contributed by atoms with Crippen molar-refractivity contribution in [3.63, 3.8) is 0 Å². The molecule has 0 atom stereocenters. The maximum Gasteiger partial charge on any atom is 0.226 e. The average Bonchev–Trinajstić information content (AvgIpc) is 2.90. The third-order valence-corrected chi connectivity index (χ3v) is 4.14. The predicted molar refractivity (Wildman–Crippen MR) is 76.7 cm³/mol. The lowest BCUT2D eigenvalue weighted by atomic mass is 9.96. The van der Waals surface area contributed by atoms with Crippen molar-refractivity contribution in [3.8, 4) is 5.75 Å². The van der Waals surface area contributed by atoms with Gasteiger partial charge in [-0.05, 0) is 55.9 Å². The molecule has 1 aromatic rings. The molecule has 1 aliphatic heterocycles. The van der Waals surface area contributed by atoms with Gasteiger partial charge in [0, 0.05) is 13.1 Å². The van der Waals surface area contributed by atoms with E-state index < -0.39 is 0 Å². The number of ether oxygens (including phenoxy) is 1. The maximum absolute atomic E-state index is 12.2. The molecule has 1 heterocycles. The second kappa shape index (κ2) is 5.64. The van der Waals surface area contributed by atoms with Crippen LogP contribution in [0.5, 0.6) is 5.75 Å². The molecule has 0 spiro atoms. The number of nitrogens with zero attached hydrogens (tertiary/aromatic N) is 1. The van der Waals surface area contributed by atoms with Crippen LogP contribution < -0.4 is 4.74 Å². The number of amides is 1. The summed E-state index contributed by atoms with van der Waals surface area (Å²) in [4.78, 5) is 14.2. The van der Waals surface area contributed by atoms with Crippen LogP contribution >= 0.6 is 0 Å². The van der Waals surface area contributed by atoms with Crippen molar-refractivity contribution in [1.82, 2.24) is 4.90 Å². The van der Waals surface area contributed by atoms with Gasteiger partial charge in [0.05, 0.1) is 13.5 Å². The summed E-state index contributed by atoms with van der Waals surface area (Å²) >= 11 is 0. The van der Waals surface area contributed by atoms with E-state index in [2.05, 4.69) is 19.9 Å². The minimum absolute atomic E-state index is 0.254. The van der Waals surface area contributed by atoms with Crippen LogP contribution in [0.4, 0.5) is 0 Å². The van der Waals surface area contributed by atoms with Gasteiger partial charge in [0.25, 0.3) is 0 Å². The molecule has 0 bridgehead atoms. The Hall–Kier alpha value is -1.51. The summed E-state index contributed by atoms with van der Waals surface area (Å²) in [7, 11) is 1.70. The van der Waals surface area contributed by atoms with E-state index >= 15 is 0 Å². The van der Waals surface area contributed by atoms with Gasteiger partial charge >= 0.3 is 0 Å². The topological polar surface area (TPSA) is 29.5 Å². The molecule has 3 heteroatoms. The third-order valence-electron chi connectivity index (χ3n) is 4.14. The highest BCUT2D eigenvalue weighted by Crippen LogP contribution is 2.29. The lowest BCUT2D eigenvalue weighted by Gasteiger charge is -2.19. The van der Waals surface area contributed by atoms with Gasteiger partial charge in [-0.3, -0.25) is 4.79 Å². The summed E-state index contributed by atoms with van der Waals surface area (Å²) in [5.41, 5.74) is 4.56. The van der Waals surface area contributed by atoms with Crippen molar-refractivity contribution in [2.24, 2.45) is 0 Å². The molecule has 0 unspecified atom stereocenters. The molecule has 0 aromatic heterocycles. The zero-order valence-electron chi connectivity index (χ0n) is 12.4. The summed E-state index contributed by atoms with van der Waals surface area (Å²) in [5.74, 6) is 1.19. The number of likely N-dealkylation sites (tertiary alicyclic amines) is 1. The maximum atomic E-state index is 12.2. The van der Waals surface area contributed by atoms with E-state index in [4.69, 9.17) is 4.74 Å². The standard InChI is InChI=1S/C16H23NO2/c1-11-9-14(12(2)13(3)16(11)19-4)10-15(18)17-7-5-6-8-17/h9H,5-8,10H2,1-4H3. The second-order valence-electron chi connectivity index (χ2n) is 5.40. The second-order valence-corrected chi connectivity index (χ2v) is 5.40. The lowest BCUT2D eigenvalue weighted by molar-refractivity contribution is -0.129. The zero-order valence-corrected chi connectivity index (χ0v) is 12.4. The Morgan fingerprint density at radius 1 is 1.21 bits per heavy atom. The van der Waals surface area contributed by atoms with Gasteiger partial charge in [0.1, 0.15) is 5.75 Å². The number of rotatable bonds is 3. The molecular formula is C16H23NO2. The molecule has 0 aliphatic carbocycles. The summed E-state index contributed by atoms with van der Waals surface area (Å²) in [6, 6.07) is 2.09. The molecule has 19 heavy (non-hydrogen) atoms. The van der Waals surface area contributed by atoms with Crippen molar-refractivity contribution < 1.29 is 9.53 Å². The van der Waals surface area contributed by atoms with E-state index in [1.165, 1.54) is 5.56 Å². The van der Waals surface area contributed by atoms with Crippen LogP contribution in [0.3, 0.4) is 0 Å². The first kappa shape index (κ1) is 13.9. The van der Waals surface area contributed by atoms with E-state index in [1.54, 1.807) is 7.11 Å². The Labute approximate surface area is 115 Å². The number of hydrogen-bond acceptors (Lipinski definition) is 2. The number of hydrogen-bond donors (Lipinski definition) is 0. The molecule has 2 rings (SSSR count). The van der Waals surface area contributed by atoms with Gasteiger partial charge in [-0.2, -0.15) is 0 Å². The van der Waals surface area contributed by atoms with Gasteiger partial charge in [-0.15, -0.1) is 0 Å². The quantitative estimate of drug-likeness (QED) is 0.837. The fraction of sp³-hybridized carbons (Fsp3) is 0.562. The number of carbonyl (C=O) groups excluding carboxylic acids is 1. The van der Waals surface area contributed by atoms with E-state index in [1.807, 2.05) is 11.8 Å². The Kier molecular flexibility index (Phi) is 4.13. The van der Waals surface area contributed by atoms with Crippen LogP contribution in [0.2, 0.25) is 0 Å². The number of carbonyl (C=O) groups is 1. The molecule has 1 amide bonds. The third kappa shape index (κ3) is 2.75. The fourth-order valence-electron chi connectivity index (χ4n) is 2.88. The summed E-state index contributed by atoms with van der Waals surface area (Å²) < 4.78 is 5.42. The van der Waals surface area contributed by atoms with Gasteiger partial charge in [-0.1, -0.05) is 6.07 Å². The SMILES string of the molecule is COc1c(C)cc(CC(=O)N2CCCC2)c(C)c1C. The van der Waals surface area contributed by atoms with Crippen molar-refractivity contribution in [2.75, 3.05) is 20.2 Å². The first-order valence-corrected chi connectivity index (χ1v) is 6.96. The molecule has 3 nitrogen and oxygen atoms in total. The first-order valence-electron chi connectivity index (χ1n) is 6.96. The predicted octanol–water partition coefficient (Wildman–Crippen LogP) is 2.79. The zero-order chi connectivity index (χ0) is 14.0. The lowest BCUT2D eigenvalue weighted by Crippen LogP contribution is -2.29. The molecular weight excluding hydrogens is 238 g/mol. The van der Waals surface area contributed by atoms with Crippen LogP contribution in [0, 0.1) is 20.8 Å². The molecule has 1 aromatic carbocycles. The van der Waals surface area contributed by atoms with E-state index in [-0.39, 0.29) is 5.91 Å². The van der Waals surface area contributed by atoms with Gasteiger partial charge in [0.2, 0.25) is 5.91 Å². The smallest absolute Gasteiger partial charge is 0.226 e. The normalized spacial score (nSPS) is 14.8. The first-order chi connectivity index (χ1) is 9.04. The van der Waals surface area contributed by atoms with E-state index in [9.17, 15) is 4.79 Å². The average molecular weight is 261 g/mol. The Morgan fingerprint density at radius 2 is 1.84 bits per heavy atom. The Balaban J connectivity index is 2.23. The van der Waals surface area contributed by atoms with Crippen LogP contribution in [0.25, 0.3) is 0 Å². The van der Waals surface area contributed by atoms with Gasteiger partial charge in [0.15, 0.2) is 0 Å². The van der Waals surface area contributed by atoms with Crippen molar-refractivity contribution in [1.29, 1.82) is 0 Å². The van der Waals surface area contributed by atoms with Gasteiger partial charge < -0.3 is 9.64 Å². The Morgan fingerprint density at radius 3 is 2.42 bits per heavy atom. The minimum atomic E-state index is 0.254. The highest BCUT2D eigenvalue weighted by molar-refractivity contribution is 5.79.